The van der Waals surface area contributed by atoms with Crippen molar-refractivity contribution in [1.82, 2.24) is 10.2 Å². The van der Waals surface area contributed by atoms with E-state index in [0.29, 0.717) is 51.4 Å². The molecular formula is C26H25N3O5S. The van der Waals surface area contributed by atoms with E-state index in [-0.39, 0.29) is 16.8 Å². The van der Waals surface area contributed by atoms with Gasteiger partial charge in [-0.25, -0.2) is 0 Å². The van der Waals surface area contributed by atoms with Crippen molar-refractivity contribution < 1.29 is 18.7 Å². The third-order valence-corrected chi connectivity index (χ3v) is 6.63. The predicted octanol–water partition coefficient (Wildman–Crippen LogP) is 5.20. The fourth-order valence-corrected chi connectivity index (χ4v) is 4.99. The Morgan fingerprint density at radius 1 is 1.03 bits per heavy atom. The van der Waals surface area contributed by atoms with Crippen LogP contribution in [0.1, 0.15) is 58.6 Å². The van der Waals surface area contributed by atoms with E-state index < -0.39 is 11.9 Å². The van der Waals surface area contributed by atoms with Crippen molar-refractivity contribution in [3.8, 4) is 11.5 Å². The molecule has 2 aromatic heterocycles. The summed E-state index contributed by atoms with van der Waals surface area (Å²) in [6, 6.07) is 10.1. The molecule has 0 spiro atoms. The van der Waals surface area contributed by atoms with Crippen molar-refractivity contribution in [2.45, 2.75) is 40.2 Å². The second-order valence-electron chi connectivity index (χ2n) is 8.34. The van der Waals surface area contributed by atoms with Gasteiger partial charge in [0.25, 0.3) is 5.91 Å². The highest BCUT2D eigenvalue weighted by Gasteiger charge is 2.45. The van der Waals surface area contributed by atoms with Crippen LogP contribution in [-0.4, -0.2) is 29.3 Å². The van der Waals surface area contributed by atoms with Gasteiger partial charge in [-0.05, 0) is 57.0 Å². The van der Waals surface area contributed by atoms with Gasteiger partial charge in [-0.3, -0.25) is 14.5 Å². The molecule has 9 heteroatoms. The second-order valence-corrected chi connectivity index (χ2v) is 9.50. The first-order valence-electron chi connectivity index (χ1n) is 11.5. The van der Waals surface area contributed by atoms with Crippen molar-refractivity contribution in [2.24, 2.45) is 0 Å². The molecule has 4 aromatic rings. The van der Waals surface area contributed by atoms with Gasteiger partial charge in [-0.2, -0.15) is 0 Å². The van der Waals surface area contributed by atoms with Crippen molar-refractivity contribution in [3.63, 3.8) is 0 Å². The third kappa shape index (κ3) is 3.95. The zero-order valence-corrected chi connectivity index (χ0v) is 20.8. The van der Waals surface area contributed by atoms with Crippen LogP contribution in [0.5, 0.6) is 11.5 Å². The Morgan fingerprint density at radius 3 is 2.57 bits per heavy atom. The lowest BCUT2D eigenvalue weighted by atomic mass is 9.98. The SMILES string of the molecule is CCCOc1ccc(C2c3c(oc4ccc(C)cc4c3=O)C(=O)N2c2nnc(C)s2)cc1OCC. The molecule has 8 nitrogen and oxygen atoms in total. The molecule has 1 aliphatic rings. The first-order chi connectivity index (χ1) is 16.9. The smallest absolute Gasteiger partial charge is 0.297 e. The average molecular weight is 492 g/mol. The van der Waals surface area contributed by atoms with Crippen LogP contribution >= 0.6 is 11.3 Å². The number of hydrogen-bond acceptors (Lipinski definition) is 8. The first-order valence-corrected chi connectivity index (χ1v) is 12.3. The maximum Gasteiger partial charge on any atom is 0.297 e. The molecule has 1 amide bonds. The molecule has 180 valence electrons. The van der Waals surface area contributed by atoms with Crippen LogP contribution in [0, 0.1) is 13.8 Å². The molecule has 0 saturated heterocycles. The van der Waals surface area contributed by atoms with E-state index in [1.807, 2.05) is 52.0 Å². The Morgan fingerprint density at radius 2 is 1.86 bits per heavy atom. The molecule has 5 rings (SSSR count). The Labute approximate surface area is 206 Å². The quantitative estimate of drug-likeness (QED) is 0.351. The number of nitrogens with zero attached hydrogens (tertiary/aromatic N) is 3. The number of carbonyl (C=O) groups excluding carboxylic acids is 1. The van der Waals surface area contributed by atoms with Crippen LogP contribution in [0.15, 0.2) is 45.6 Å². The van der Waals surface area contributed by atoms with Gasteiger partial charge in [-0.1, -0.05) is 36.0 Å². The Kier molecular flexibility index (Phi) is 6.02. The van der Waals surface area contributed by atoms with Gasteiger partial charge in [0, 0.05) is 0 Å². The summed E-state index contributed by atoms with van der Waals surface area (Å²) in [6.07, 6.45) is 0.857. The highest BCUT2D eigenvalue weighted by atomic mass is 32.1. The number of carbonyl (C=O) groups is 1. The maximum atomic E-state index is 13.8. The summed E-state index contributed by atoms with van der Waals surface area (Å²) in [6.45, 7) is 8.64. The molecule has 35 heavy (non-hydrogen) atoms. The third-order valence-electron chi connectivity index (χ3n) is 5.79. The summed E-state index contributed by atoms with van der Waals surface area (Å²) in [5.74, 6) is 0.758. The largest absolute Gasteiger partial charge is 0.490 e. The first kappa shape index (κ1) is 23.0. The van der Waals surface area contributed by atoms with E-state index in [9.17, 15) is 9.59 Å². The Balaban J connectivity index is 1.75. The fraction of sp³-hybridized carbons (Fsp3) is 0.308. The van der Waals surface area contributed by atoms with E-state index in [4.69, 9.17) is 13.9 Å². The van der Waals surface area contributed by atoms with Crippen molar-refractivity contribution in [2.75, 3.05) is 18.1 Å². The van der Waals surface area contributed by atoms with Gasteiger partial charge in [-0.15, -0.1) is 10.2 Å². The van der Waals surface area contributed by atoms with Crippen molar-refractivity contribution in [1.29, 1.82) is 0 Å². The van der Waals surface area contributed by atoms with Crippen LogP contribution in [0.4, 0.5) is 5.13 Å². The number of fused-ring (bicyclic) bond motifs is 2. The minimum absolute atomic E-state index is 0.0217. The number of benzene rings is 2. The highest BCUT2D eigenvalue weighted by molar-refractivity contribution is 7.15. The minimum atomic E-state index is -0.745. The average Bonchev–Trinajstić information content (AvgIpc) is 3.39. The number of hydrogen-bond donors (Lipinski definition) is 0. The maximum absolute atomic E-state index is 13.8. The number of aryl methyl sites for hydroxylation is 2. The Hall–Kier alpha value is -3.72. The van der Waals surface area contributed by atoms with Crippen LogP contribution < -0.4 is 19.8 Å². The predicted molar refractivity (Wildman–Crippen MR) is 134 cm³/mol. The van der Waals surface area contributed by atoms with E-state index in [0.717, 1.165) is 12.0 Å². The van der Waals surface area contributed by atoms with Gasteiger partial charge in [0.15, 0.2) is 16.9 Å². The van der Waals surface area contributed by atoms with Crippen LogP contribution in [0.3, 0.4) is 0 Å². The number of aromatic nitrogens is 2. The zero-order valence-electron chi connectivity index (χ0n) is 20.0. The highest BCUT2D eigenvalue weighted by Crippen LogP contribution is 2.44. The van der Waals surface area contributed by atoms with Crippen LogP contribution in [-0.2, 0) is 0 Å². The minimum Gasteiger partial charge on any atom is -0.490 e. The summed E-state index contributed by atoms with van der Waals surface area (Å²) < 4.78 is 17.7. The van der Waals surface area contributed by atoms with E-state index in [1.165, 1.54) is 16.2 Å². The molecular weight excluding hydrogens is 466 g/mol. The molecule has 1 aliphatic heterocycles. The fourth-order valence-electron chi connectivity index (χ4n) is 4.28. The lowest BCUT2D eigenvalue weighted by Gasteiger charge is -2.23. The summed E-state index contributed by atoms with van der Waals surface area (Å²) >= 11 is 1.28. The number of rotatable bonds is 7. The van der Waals surface area contributed by atoms with Crippen LogP contribution in [0.25, 0.3) is 11.0 Å². The lowest BCUT2D eigenvalue weighted by Crippen LogP contribution is -2.29. The summed E-state index contributed by atoms with van der Waals surface area (Å²) in [4.78, 5) is 28.9. The normalized spacial score (nSPS) is 15.0. The molecule has 1 unspecified atom stereocenters. The molecule has 0 bridgehead atoms. The molecule has 3 heterocycles. The van der Waals surface area contributed by atoms with Gasteiger partial charge in [0.1, 0.15) is 10.6 Å². The van der Waals surface area contributed by atoms with Gasteiger partial charge in [0.05, 0.1) is 30.2 Å². The van der Waals surface area contributed by atoms with E-state index >= 15 is 0 Å². The van der Waals surface area contributed by atoms with Crippen molar-refractivity contribution in [3.05, 3.63) is 74.1 Å². The summed E-state index contributed by atoms with van der Waals surface area (Å²) in [5.41, 5.74) is 2.04. The van der Waals surface area contributed by atoms with Crippen molar-refractivity contribution >= 4 is 33.3 Å². The molecule has 0 saturated carbocycles. The molecule has 0 aliphatic carbocycles. The van der Waals surface area contributed by atoms with E-state index in [2.05, 4.69) is 10.2 Å². The zero-order chi connectivity index (χ0) is 24.7. The number of anilines is 1. The topological polar surface area (TPSA) is 94.8 Å². The molecule has 0 radical (unpaired) electrons. The lowest BCUT2D eigenvalue weighted by molar-refractivity contribution is 0.0970. The summed E-state index contributed by atoms with van der Waals surface area (Å²) in [7, 11) is 0. The van der Waals surface area contributed by atoms with Crippen LogP contribution in [0.2, 0.25) is 0 Å². The van der Waals surface area contributed by atoms with Gasteiger partial charge < -0.3 is 13.9 Å². The monoisotopic (exact) mass is 491 g/mol. The number of ether oxygens (including phenoxy) is 2. The number of amides is 1. The molecule has 2 aromatic carbocycles. The van der Waals surface area contributed by atoms with Gasteiger partial charge in [0.2, 0.25) is 10.9 Å². The molecule has 0 fully saturated rings. The standard InChI is InChI=1S/C26H25N3O5S/c1-5-11-33-19-10-8-16(13-20(19)32-6-2)22-21-23(30)17-12-14(3)7-9-18(17)34-24(21)25(31)29(22)26-28-27-15(4)35-26/h7-10,12-13,22H,5-6,11H2,1-4H3. The second kappa shape index (κ2) is 9.14. The van der Waals surface area contributed by atoms with Gasteiger partial charge >= 0.3 is 0 Å². The molecule has 0 N–H and O–H groups in total. The Bertz CT molecular complexity index is 1490. The molecule has 1 atom stereocenters. The van der Waals surface area contributed by atoms with E-state index in [1.54, 1.807) is 12.1 Å². The summed E-state index contributed by atoms with van der Waals surface area (Å²) in [5, 5.41) is 9.84.